The number of carbonyl (C=O) groups is 2. The maximum Gasteiger partial charge on any atom is 0.254 e. The molecule has 7 heteroatoms. The minimum Gasteiger partial charge on any atom is -0.497 e. The molecule has 0 aromatic heterocycles. The van der Waals surface area contributed by atoms with Gasteiger partial charge in [-0.15, -0.1) is 0 Å². The van der Waals surface area contributed by atoms with Crippen LogP contribution in [0.15, 0.2) is 42.5 Å². The molecule has 0 saturated carbocycles. The van der Waals surface area contributed by atoms with Crippen LogP contribution in [-0.2, 0) is 4.79 Å². The highest BCUT2D eigenvalue weighted by Crippen LogP contribution is 2.39. The number of nitrogens with one attached hydrogen (secondary N) is 1. The lowest BCUT2D eigenvalue weighted by molar-refractivity contribution is -0.125. The number of ether oxygens (including phenoxy) is 3. The minimum atomic E-state index is -0.384. The molecule has 1 fully saturated rings. The van der Waals surface area contributed by atoms with E-state index in [4.69, 9.17) is 14.2 Å². The molecule has 1 aliphatic rings. The van der Waals surface area contributed by atoms with Crippen molar-refractivity contribution in [3.05, 3.63) is 53.6 Å². The molecule has 2 atom stereocenters. The molecular formula is C25H32N2O5. The van der Waals surface area contributed by atoms with Gasteiger partial charge in [0.25, 0.3) is 5.91 Å². The molecule has 2 amide bonds. The Morgan fingerprint density at radius 3 is 2.38 bits per heavy atom. The van der Waals surface area contributed by atoms with Gasteiger partial charge in [0.1, 0.15) is 17.2 Å². The van der Waals surface area contributed by atoms with E-state index in [1.165, 1.54) is 0 Å². The Morgan fingerprint density at radius 1 is 1.00 bits per heavy atom. The predicted molar refractivity (Wildman–Crippen MR) is 123 cm³/mol. The summed E-state index contributed by atoms with van der Waals surface area (Å²) >= 11 is 0. The minimum absolute atomic E-state index is 0.0532. The molecule has 2 aromatic rings. The lowest BCUT2D eigenvalue weighted by Gasteiger charge is -2.21. The summed E-state index contributed by atoms with van der Waals surface area (Å²) in [5, 5.41) is 3.04. The molecule has 1 N–H and O–H groups in total. The number of benzene rings is 2. The van der Waals surface area contributed by atoms with Crippen LogP contribution >= 0.6 is 0 Å². The van der Waals surface area contributed by atoms with E-state index < -0.39 is 0 Å². The second-order valence-corrected chi connectivity index (χ2v) is 8.40. The molecule has 1 aliphatic heterocycles. The van der Waals surface area contributed by atoms with Crippen molar-refractivity contribution < 1.29 is 23.8 Å². The molecule has 7 nitrogen and oxygen atoms in total. The van der Waals surface area contributed by atoms with E-state index in [1.54, 1.807) is 50.5 Å². The van der Waals surface area contributed by atoms with Gasteiger partial charge in [0.2, 0.25) is 5.91 Å². The number of carbonyl (C=O) groups excluding carboxylic acids is 2. The number of rotatable bonds is 8. The van der Waals surface area contributed by atoms with Gasteiger partial charge in [0.15, 0.2) is 0 Å². The van der Waals surface area contributed by atoms with Crippen molar-refractivity contribution >= 4 is 11.8 Å². The molecule has 172 valence electrons. The van der Waals surface area contributed by atoms with Gasteiger partial charge in [-0.2, -0.15) is 0 Å². The van der Waals surface area contributed by atoms with Crippen molar-refractivity contribution in [1.82, 2.24) is 10.2 Å². The summed E-state index contributed by atoms with van der Waals surface area (Å²) in [6, 6.07) is 12.7. The molecule has 0 radical (unpaired) electrons. The van der Waals surface area contributed by atoms with Gasteiger partial charge < -0.3 is 24.4 Å². The number of nitrogens with zero attached hydrogens (tertiary/aromatic N) is 1. The fourth-order valence-electron chi connectivity index (χ4n) is 4.05. The Balaban J connectivity index is 1.92. The average Bonchev–Trinajstić information content (AvgIpc) is 3.26. The van der Waals surface area contributed by atoms with Gasteiger partial charge in [-0.1, -0.05) is 26.0 Å². The van der Waals surface area contributed by atoms with Crippen LogP contribution in [0.25, 0.3) is 0 Å². The summed E-state index contributed by atoms with van der Waals surface area (Å²) in [5.74, 6) is 1.52. The smallest absolute Gasteiger partial charge is 0.254 e. The number of likely N-dealkylation sites (tertiary alicyclic amines) is 1. The van der Waals surface area contributed by atoms with Crippen LogP contribution in [0.5, 0.6) is 17.2 Å². The van der Waals surface area contributed by atoms with Crippen LogP contribution in [-0.4, -0.2) is 57.7 Å². The molecule has 0 unspecified atom stereocenters. The van der Waals surface area contributed by atoms with Crippen molar-refractivity contribution in [2.45, 2.75) is 19.8 Å². The van der Waals surface area contributed by atoms with E-state index in [2.05, 4.69) is 19.2 Å². The lowest BCUT2D eigenvalue weighted by Crippen LogP contribution is -2.37. The van der Waals surface area contributed by atoms with Crippen LogP contribution in [0.2, 0.25) is 0 Å². The van der Waals surface area contributed by atoms with Gasteiger partial charge in [-0.05, 0) is 30.2 Å². The summed E-state index contributed by atoms with van der Waals surface area (Å²) in [4.78, 5) is 28.1. The van der Waals surface area contributed by atoms with Crippen LogP contribution < -0.4 is 19.5 Å². The first kappa shape index (κ1) is 23.4. The van der Waals surface area contributed by atoms with E-state index >= 15 is 0 Å². The van der Waals surface area contributed by atoms with Gasteiger partial charge >= 0.3 is 0 Å². The first-order valence-corrected chi connectivity index (χ1v) is 10.8. The third-order valence-electron chi connectivity index (χ3n) is 5.79. The number of amides is 2. The SMILES string of the molecule is COc1cccc(C(=O)N2C[C@H](c3ccc(OC)cc3OC)[C@H](C(=O)NCC(C)C)C2)c1. The number of hydrogen-bond donors (Lipinski definition) is 1. The molecule has 0 spiro atoms. The van der Waals surface area contributed by atoms with Crippen molar-refractivity contribution in [3.63, 3.8) is 0 Å². The predicted octanol–water partition coefficient (Wildman–Crippen LogP) is 3.34. The second-order valence-electron chi connectivity index (χ2n) is 8.40. The van der Waals surface area contributed by atoms with Crippen molar-refractivity contribution in [3.8, 4) is 17.2 Å². The first-order chi connectivity index (χ1) is 15.4. The monoisotopic (exact) mass is 440 g/mol. The topological polar surface area (TPSA) is 77.1 Å². The quantitative estimate of drug-likeness (QED) is 0.681. The zero-order valence-corrected chi connectivity index (χ0v) is 19.4. The zero-order valence-electron chi connectivity index (χ0n) is 19.4. The van der Waals surface area contributed by atoms with E-state index in [1.807, 2.05) is 18.2 Å². The van der Waals surface area contributed by atoms with Gasteiger partial charge in [0, 0.05) is 42.7 Å². The van der Waals surface area contributed by atoms with E-state index in [0.29, 0.717) is 48.4 Å². The molecule has 0 aliphatic carbocycles. The Bertz CT molecular complexity index is 959. The number of hydrogen-bond acceptors (Lipinski definition) is 5. The summed E-state index contributed by atoms with van der Waals surface area (Å²) < 4.78 is 16.2. The summed E-state index contributed by atoms with van der Waals surface area (Å²) in [7, 11) is 4.77. The molecule has 1 heterocycles. The fourth-order valence-corrected chi connectivity index (χ4v) is 4.05. The normalized spacial score (nSPS) is 17.9. The third kappa shape index (κ3) is 5.15. The summed E-state index contributed by atoms with van der Waals surface area (Å²) in [6.45, 7) is 5.44. The molecular weight excluding hydrogens is 408 g/mol. The van der Waals surface area contributed by atoms with Crippen LogP contribution in [0.1, 0.15) is 35.7 Å². The van der Waals surface area contributed by atoms with Gasteiger partial charge in [-0.3, -0.25) is 9.59 Å². The van der Waals surface area contributed by atoms with Gasteiger partial charge in [0.05, 0.1) is 27.2 Å². The molecule has 1 saturated heterocycles. The second kappa shape index (κ2) is 10.4. The third-order valence-corrected chi connectivity index (χ3v) is 5.79. The van der Waals surface area contributed by atoms with Crippen LogP contribution in [0.3, 0.4) is 0 Å². The van der Waals surface area contributed by atoms with Crippen LogP contribution in [0.4, 0.5) is 0 Å². The summed E-state index contributed by atoms with van der Waals surface area (Å²) in [5.41, 5.74) is 1.42. The van der Waals surface area contributed by atoms with Gasteiger partial charge in [-0.25, -0.2) is 0 Å². The van der Waals surface area contributed by atoms with Crippen molar-refractivity contribution in [2.24, 2.45) is 11.8 Å². The standard InChI is InChI=1S/C25H32N2O5/c1-16(2)13-26-24(28)22-15-27(25(29)17-7-6-8-18(11-17)30-3)14-21(22)20-10-9-19(31-4)12-23(20)32-5/h6-12,16,21-22H,13-15H2,1-5H3,(H,26,28)/t21-,22-/m1/s1. The Morgan fingerprint density at radius 2 is 1.72 bits per heavy atom. The highest BCUT2D eigenvalue weighted by atomic mass is 16.5. The zero-order chi connectivity index (χ0) is 23.3. The van der Waals surface area contributed by atoms with Crippen molar-refractivity contribution in [1.29, 1.82) is 0 Å². The van der Waals surface area contributed by atoms with E-state index in [9.17, 15) is 9.59 Å². The summed E-state index contributed by atoms with van der Waals surface area (Å²) in [6.07, 6.45) is 0. The Labute approximate surface area is 189 Å². The van der Waals surface area contributed by atoms with E-state index in [-0.39, 0.29) is 23.7 Å². The molecule has 3 rings (SSSR count). The number of methoxy groups -OCH3 is 3. The lowest BCUT2D eigenvalue weighted by atomic mass is 9.87. The Hall–Kier alpha value is -3.22. The van der Waals surface area contributed by atoms with Crippen LogP contribution in [0, 0.1) is 11.8 Å². The first-order valence-electron chi connectivity index (χ1n) is 10.8. The average molecular weight is 441 g/mol. The maximum absolute atomic E-state index is 13.3. The maximum atomic E-state index is 13.3. The largest absolute Gasteiger partial charge is 0.497 e. The molecule has 2 aromatic carbocycles. The highest BCUT2D eigenvalue weighted by molar-refractivity contribution is 5.95. The molecule has 0 bridgehead atoms. The fraction of sp³-hybridized carbons (Fsp3) is 0.440. The van der Waals surface area contributed by atoms with E-state index in [0.717, 1.165) is 5.56 Å². The molecule has 32 heavy (non-hydrogen) atoms. The Kier molecular flexibility index (Phi) is 7.62. The highest BCUT2D eigenvalue weighted by Gasteiger charge is 2.41. The van der Waals surface area contributed by atoms with Crippen molar-refractivity contribution in [2.75, 3.05) is 41.0 Å².